The molecule has 0 unspecified atom stereocenters. The summed E-state index contributed by atoms with van der Waals surface area (Å²) in [5.74, 6) is 1.67. The Morgan fingerprint density at radius 3 is 2.35 bits per heavy atom. The average Bonchev–Trinajstić information content (AvgIpc) is 2.47. The molecule has 0 aliphatic heterocycles. The minimum atomic E-state index is 0.521. The van der Waals surface area contributed by atoms with Crippen LogP contribution in [0.2, 0.25) is 0 Å². The van der Waals surface area contributed by atoms with Crippen LogP contribution < -0.4 is 10.5 Å². The highest BCUT2D eigenvalue weighted by molar-refractivity contribution is 9.10. The van der Waals surface area contributed by atoms with E-state index in [9.17, 15) is 0 Å². The molecule has 2 aromatic carbocycles. The molecule has 3 heteroatoms. The van der Waals surface area contributed by atoms with Gasteiger partial charge < -0.3 is 10.5 Å². The standard InChI is InChI=1S/C17H20BrNO/c1-2-3-4-13-5-8-15(9-6-13)20-16-10-7-14(12-19)17(18)11-16/h5-11H,2-4,12,19H2,1H3. The lowest BCUT2D eigenvalue weighted by Crippen LogP contribution is -1.97. The van der Waals surface area contributed by atoms with Gasteiger partial charge in [-0.25, -0.2) is 0 Å². The zero-order chi connectivity index (χ0) is 14.4. The monoisotopic (exact) mass is 333 g/mol. The summed E-state index contributed by atoms with van der Waals surface area (Å²) in [4.78, 5) is 0. The first-order chi connectivity index (χ1) is 9.72. The summed E-state index contributed by atoms with van der Waals surface area (Å²) in [5.41, 5.74) is 8.08. The van der Waals surface area contributed by atoms with E-state index in [2.05, 4.69) is 35.0 Å². The Morgan fingerprint density at radius 2 is 1.75 bits per heavy atom. The van der Waals surface area contributed by atoms with Gasteiger partial charge in [0.05, 0.1) is 0 Å². The van der Waals surface area contributed by atoms with Gasteiger partial charge in [0.2, 0.25) is 0 Å². The summed E-state index contributed by atoms with van der Waals surface area (Å²) in [6, 6.07) is 14.2. The van der Waals surface area contributed by atoms with Gasteiger partial charge >= 0.3 is 0 Å². The Kier molecular flexibility index (Phi) is 5.62. The third-order valence-corrected chi connectivity index (χ3v) is 3.96. The summed E-state index contributed by atoms with van der Waals surface area (Å²) < 4.78 is 6.83. The summed E-state index contributed by atoms with van der Waals surface area (Å²) in [6.45, 7) is 2.73. The number of ether oxygens (including phenoxy) is 1. The number of nitrogens with two attached hydrogens (primary N) is 1. The minimum Gasteiger partial charge on any atom is -0.457 e. The average molecular weight is 334 g/mol. The Morgan fingerprint density at radius 1 is 1.05 bits per heavy atom. The van der Waals surface area contributed by atoms with Crippen LogP contribution in [0.1, 0.15) is 30.9 Å². The smallest absolute Gasteiger partial charge is 0.128 e. The Hall–Kier alpha value is -1.32. The van der Waals surface area contributed by atoms with Crippen molar-refractivity contribution in [1.29, 1.82) is 0 Å². The Bertz CT molecular complexity index is 551. The van der Waals surface area contributed by atoms with Gasteiger partial charge in [-0.15, -0.1) is 0 Å². The van der Waals surface area contributed by atoms with E-state index >= 15 is 0 Å². The van der Waals surface area contributed by atoms with Crippen molar-refractivity contribution in [2.24, 2.45) is 5.73 Å². The highest BCUT2D eigenvalue weighted by atomic mass is 79.9. The lowest BCUT2D eigenvalue weighted by molar-refractivity contribution is 0.482. The van der Waals surface area contributed by atoms with Gasteiger partial charge in [-0.05, 0) is 48.2 Å². The van der Waals surface area contributed by atoms with Gasteiger partial charge in [0, 0.05) is 11.0 Å². The highest BCUT2D eigenvalue weighted by Gasteiger charge is 2.02. The maximum atomic E-state index is 5.85. The number of benzene rings is 2. The van der Waals surface area contributed by atoms with Gasteiger partial charge in [-0.1, -0.05) is 47.5 Å². The van der Waals surface area contributed by atoms with Crippen molar-refractivity contribution in [1.82, 2.24) is 0 Å². The Labute approximate surface area is 129 Å². The second-order valence-corrected chi connectivity index (χ2v) is 5.66. The fraction of sp³-hybridized carbons (Fsp3) is 0.294. The predicted molar refractivity (Wildman–Crippen MR) is 87.2 cm³/mol. The van der Waals surface area contributed by atoms with E-state index in [4.69, 9.17) is 10.5 Å². The molecule has 0 heterocycles. The van der Waals surface area contributed by atoms with Gasteiger partial charge in [0.1, 0.15) is 11.5 Å². The van der Waals surface area contributed by atoms with Crippen LogP contribution in [0, 0.1) is 0 Å². The second kappa shape index (κ2) is 7.46. The van der Waals surface area contributed by atoms with Crippen LogP contribution in [0.3, 0.4) is 0 Å². The molecule has 0 atom stereocenters. The summed E-state index contributed by atoms with van der Waals surface area (Å²) in [5, 5.41) is 0. The van der Waals surface area contributed by atoms with Crippen molar-refractivity contribution >= 4 is 15.9 Å². The van der Waals surface area contributed by atoms with E-state index in [1.807, 2.05) is 30.3 Å². The maximum absolute atomic E-state index is 5.85. The third kappa shape index (κ3) is 4.09. The van der Waals surface area contributed by atoms with E-state index in [-0.39, 0.29) is 0 Å². The van der Waals surface area contributed by atoms with Crippen molar-refractivity contribution < 1.29 is 4.74 Å². The molecular formula is C17H20BrNO. The van der Waals surface area contributed by atoms with Crippen molar-refractivity contribution in [3.63, 3.8) is 0 Å². The van der Waals surface area contributed by atoms with E-state index in [0.717, 1.165) is 28.0 Å². The van der Waals surface area contributed by atoms with Gasteiger partial charge in [-0.2, -0.15) is 0 Å². The normalized spacial score (nSPS) is 10.6. The minimum absolute atomic E-state index is 0.521. The predicted octanol–water partition coefficient (Wildman–Crippen LogP) is 5.04. The van der Waals surface area contributed by atoms with Crippen LogP contribution in [-0.2, 0) is 13.0 Å². The molecule has 20 heavy (non-hydrogen) atoms. The SMILES string of the molecule is CCCCc1ccc(Oc2ccc(CN)c(Br)c2)cc1. The molecule has 0 aliphatic rings. The van der Waals surface area contributed by atoms with Crippen LogP contribution in [0.25, 0.3) is 0 Å². The molecular weight excluding hydrogens is 314 g/mol. The zero-order valence-electron chi connectivity index (χ0n) is 11.7. The summed E-state index contributed by atoms with van der Waals surface area (Å²) in [6.07, 6.45) is 3.58. The topological polar surface area (TPSA) is 35.2 Å². The lowest BCUT2D eigenvalue weighted by atomic mass is 10.1. The number of rotatable bonds is 6. The van der Waals surface area contributed by atoms with E-state index in [1.165, 1.54) is 18.4 Å². The second-order valence-electron chi connectivity index (χ2n) is 4.81. The fourth-order valence-corrected chi connectivity index (χ4v) is 2.52. The van der Waals surface area contributed by atoms with E-state index in [0.29, 0.717) is 6.54 Å². The largest absolute Gasteiger partial charge is 0.457 e. The third-order valence-electron chi connectivity index (χ3n) is 3.22. The molecule has 2 rings (SSSR count). The first kappa shape index (κ1) is 15.1. The van der Waals surface area contributed by atoms with E-state index in [1.54, 1.807) is 0 Å². The first-order valence-corrected chi connectivity index (χ1v) is 7.77. The fourth-order valence-electron chi connectivity index (χ4n) is 2.00. The number of hydrogen-bond acceptors (Lipinski definition) is 2. The van der Waals surface area contributed by atoms with Crippen LogP contribution >= 0.6 is 15.9 Å². The van der Waals surface area contributed by atoms with Crippen LogP contribution in [-0.4, -0.2) is 0 Å². The zero-order valence-corrected chi connectivity index (χ0v) is 13.3. The maximum Gasteiger partial charge on any atom is 0.128 e. The molecule has 2 aromatic rings. The van der Waals surface area contributed by atoms with Crippen molar-refractivity contribution in [3.8, 4) is 11.5 Å². The number of hydrogen-bond donors (Lipinski definition) is 1. The number of aryl methyl sites for hydroxylation is 1. The molecule has 2 N–H and O–H groups in total. The van der Waals surface area contributed by atoms with Gasteiger partial charge in [0.15, 0.2) is 0 Å². The number of unbranched alkanes of at least 4 members (excludes halogenated alkanes) is 1. The van der Waals surface area contributed by atoms with Gasteiger partial charge in [-0.3, -0.25) is 0 Å². The molecule has 2 nitrogen and oxygen atoms in total. The molecule has 0 bridgehead atoms. The molecule has 0 saturated carbocycles. The van der Waals surface area contributed by atoms with E-state index < -0.39 is 0 Å². The highest BCUT2D eigenvalue weighted by Crippen LogP contribution is 2.27. The molecule has 0 amide bonds. The Balaban J connectivity index is 2.04. The first-order valence-electron chi connectivity index (χ1n) is 6.98. The summed E-state index contributed by atoms with van der Waals surface area (Å²) in [7, 11) is 0. The van der Waals surface area contributed by atoms with Crippen LogP contribution in [0.5, 0.6) is 11.5 Å². The van der Waals surface area contributed by atoms with Crippen molar-refractivity contribution in [2.75, 3.05) is 0 Å². The van der Waals surface area contributed by atoms with Gasteiger partial charge in [0.25, 0.3) is 0 Å². The van der Waals surface area contributed by atoms with Crippen LogP contribution in [0.4, 0.5) is 0 Å². The molecule has 0 aliphatic carbocycles. The molecule has 106 valence electrons. The lowest BCUT2D eigenvalue weighted by Gasteiger charge is -2.09. The molecule has 0 radical (unpaired) electrons. The molecule has 0 spiro atoms. The quantitative estimate of drug-likeness (QED) is 0.803. The molecule has 0 aromatic heterocycles. The van der Waals surface area contributed by atoms with Crippen molar-refractivity contribution in [2.45, 2.75) is 32.7 Å². The van der Waals surface area contributed by atoms with Crippen molar-refractivity contribution in [3.05, 3.63) is 58.1 Å². The van der Waals surface area contributed by atoms with Crippen LogP contribution in [0.15, 0.2) is 46.9 Å². The molecule has 0 fully saturated rings. The number of halogens is 1. The molecule has 0 saturated heterocycles. The summed E-state index contributed by atoms with van der Waals surface area (Å²) >= 11 is 3.50.